The van der Waals surface area contributed by atoms with Crippen molar-refractivity contribution in [3.05, 3.63) is 65.2 Å². The number of hydrogen-bond donors (Lipinski definition) is 2. The number of nitrogens with one attached hydrogen (secondary N) is 1. The monoisotopic (exact) mass is 401 g/mol. The second-order valence-electron chi connectivity index (χ2n) is 6.81. The number of methoxy groups -OCH3 is 1. The van der Waals surface area contributed by atoms with Crippen LogP contribution in [0.4, 0.5) is 4.79 Å². The van der Waals surface area contributed by atoms with Crippen molar-refractivity contribution in [1.29, 1.82) is 0 Å². The fourth-order valence-electron chi connectivity index (χ4n) is 2.63. The third-order valence-electron chi connectivity index (χ3n) is 4.12. The number of alkyl carbamates (subject to hydrolysis) is 1. The lowest BCUT2D eigenvalue weighted by Gasteiger charge is -2.16. The first-order chi connectivity index (χ1) is 13.9. The Morgan fingerprint density at radius 1 is 0.966 bits per heavy atom. The Hall–Kier alpha value is -3.06. The van der Waals surface area contributed by atoms with Crippen molar-refractivity contribution < 1.29 is 28.9 Å². The van der Waals surface area contributed by atoms with Crippen LogP contribution in [-0.4, -0.2) is 36.5 Å². The minimum Gasteiger partial charge on any atom is -0.497 e. The van der Waals surface area contributed by atoms with Gasteiger partial charge in [0.1, 0.15) is 12.4 Å². The number of carboxylic acid groups (broad SMARTS) is 1. The number of amides is 1. The first kappa shape index (κ1) is 22.2. The van der Waals surface area contributed by atoms with Crippen LogP contribution >= 0.6 is 0 Å². The van der Waals surface area contributed by atoms with Crippen molar-refractivity contribution in [2.75, 3.05) is 7.11 Å². The van der Waals surface area contributed by atoms with Gasteiger partial charge in [-0.1, -0.05) is 36.4 Å². The molecular formula is C22H27NO6. The molecule has 0 aliphatic heterocycles. The van der Waals surface area contributed by atoms with E-state index in [1.54, 1.807) is 33.1 Å². The van der Waals surface area contributed by atoms with E-state index in [0.717, 1.165) is 22.4 Å². The Bertz CT molecular complexity index is 786. The Labute approximate surface area is 170 Å². The van der Waals surface area contributed by atoms with Gasteiger partial charge in [0, 0.05) is 13.0 Å². The van der Waals surface area contributed by atoms with E-state index in [1.165, 1.54) is 0 Å². The molecule has 0 aliphatic rings. The van der Waals surface area contributed by atoms with Crippen LogP contribution < -0.4 is 10.1 Å². The van der Waals surface area contributed by atoms with E-state index in [1.807, 2.05) is 36.4 Å². The lowest BCUT2D eigenvalue weighted by Crippen LogP contribution is -2.29. The summed E-state index contributed by atoms with van der Waals surface area (Å²) >= 11 is 0. The summed E-state index contributed by atoms with van der Waals surface area (Å²) < 4.78 is 15.7. The Morgan fingerprint density at radius 2 is 1.55 bits per heavy atom. The van der Waals surface area contributed by atoms with Crippen LogP contribution in [-0.2, 0) is 33.8 Å². The van der Waals surface area contributed by atoms with Crippen LogP contribution in [0.1, 0.15) is 30.5 Å². The molecule has 2 aromatic carbocycles. The maximum Gasteiger partial charge on any atom is 0.407 e. The Kier molecular flexibility index (Phi) is 8.48. The van der Waals surface area contributed by atoms with E-state index in [2.05, 4.69) is 5.32 Å². The molecule has 2 N–H and O–H groups in total. The zero-order chi connectivity index (χ0) is 21.2. The third-order valence-corrected chi connectivity index (χ3v) is 4.12. The molecular weight excluding hydrogens is 374 g/mol. The molecule has 0 radical (unpaired) electrons. The first-order valence-corrected chi connectivity index (χ1v) is 9.37. The van der Waals surface area contributed by atoms with Crippen LogP contribution in [0.5, 0.6) is 5.75 Å². The second kappa shape index (κ2) is 11.1. The SMILES string of the molecule is COc1ccc(COC(=O)NCc2ccc(CC(OC(C)C)C(=O)O)cc2)cc1. The van der Waals surface area contributed by atoms with Gasteiger partial charge in [0.05, 0.1) is 13.2 Å². The smallest absolute Gasteiger partial charge is 0.407 e. The molecule has 0 aromatic heterocycles. The lowest BCUT2D eigenvalue weighted by atomic mass is 10.1. The minimum atomic E-state index is -0.982. The molecule has 1 atom stereocenters. The molecule has 0 saturated heterocycles. The van der Waals surface area contributed by atoms with Gasteiger partial charge in [0.15, 0.2) is 6.10 Å². The van der Waals surface area contributed by atoms with Gasteiger partial charge < -0.3 is 24.6 Å². The Balaban J connectivity index is 1.78. The predicted molar refractivity (Wildman–Crippen MR) is 108 cm³/mol. The molecule has 7 nitrogen and oxygen atoms in total. The zero-order valence-electron chi connectivity index (χ0n) is 16.9. The average molecular weight is 401 g/mol. The van der Waals surface area contributed by atoms with E-state index in [0.29, 0.717) is 6.54 Å². The van der Waals surface area contributed by atoms with E-state index >= 15 is 0 Å². The highest BCUT2D eigenvalue weighted by Gasteiger charge is 2.20. The third kappa shape index (κ3) is 7.83. The van der Waals surface area contributed by atoms with E-state index in [-0.39, 0.29) is 19.1 Å². The maximum absolute atomic E-state index is 11.9. The number of rotatable bonds is 10. The molecule has 0 bridgehead atoms. The van der Waals surface area contributed by atoms with Crippen molar-refractivity contribution >= 4 is 12.1 Å². The quantitative estimate of drug-likeness (QED) is 0.632. The fraction of sp³-hybridized carbons (Fsp3) is 0.364. The highest BCUT2D eigenvalue weighted by Crippen LogP contribution is 2.13. The minimum absolute atomic E-state index is 0.163. The second-order valence-corrected chi connectivity index (χ2v) is 6.81. The summed E-state index contributed by atoms with van der Waals surface area (Å²) in [6, 6.07) is 14.6. The zero-order valence-corrected chi connectivity index (χ0v) is 16.9. The molecule has 156 valence electrons. The van der Waals surface area contributed by atoms with Crippen molar-refractivity contribution in [3.63, 3.8) is 0 Å². The fourth-order valence-corrected chi connectivity index (χ4v) is 2.63. The van der Waals surface area contributed by atoms with E-state index < -0.39 is 18.2 Å². The number of carboxylic acids is 1. The van der Waals surface area contributed by atoms with Gasteiger partial charge in [-0.15, -0.1) is 0 Å². The molecule has 0 aliphatic carbocycles. The number of hydrogen-bond acceptors (Lipinski definition) is 5. The standard InChI is InChI=1S/C22H27NO6/c1-15(2)29-20(21(24)25)12-16-4-6-17(7-5-16)13-23-22(26)28-14-18-8-10-19(27-3)11-9-18/h4-11,15,20H,12-14H2,1-3H3,(H,23,26)(H,24,25). The van der Waals surface area contributed by atoms with E-state index in [4.69, 9.17) is 14.2 Å². The van der Waals surface area contributed by atoms with Gasteiger partial charge in [0.25, 0.3) is 0 Å². The van der Waals surface area contributed by atoms with Crippen molar-refractivity contribution in [3.8, 4) is 5.75 Å². The molecule has 2 rings (SSSR count). The van der Waals surface area contributed by atoms with Crippen molar-refractivity contribution in [2.24, 2.45) is 0 Å². The van der Waals surface area contributed by atoms with Crippen molar-refractivity contribution in [2.45, 2.75) is 45.6 Å². The highest BCUT2D eigenvalue weighted by molar-refractivity contribution is 5.72. The molecule has 0 heterocycles. The molecule has 0 fully saturated rings. The number of carbonyl (C=O) groups is 2. The highest BCUT2D eigenvalue weighted by atomic mass is 16.5. The summed E-state index contributed by atoms with van der Waals surface area (Å²) in [7, 11) is 1.59. The molecule has 0 spiro atoms. The maximum atomic E-state index is 11.9. The van der Waals surface area contributed by atoms with Gasteiger partial charge in [-0.3, -0.25) is 0 Å². The number of carbonyl (C=O) groups excluding carboxylic acids is 1. The van der Waals surface area contributed by atoms with Gasteiger partial charge in [0.2, 0.25) is 0 Å². The lowest BCUT2D eigenvalue weighted by molar-refractivity contribution is -0.153. The summed E-state index contributed by atoms with van der Waals surface area (Å²) in [5.41, 5.74) is 2.59. The summed E-state index contributed by atoms with van der Waals surface area (Å²) in [6.07, 6.45) is -1.28. The normalized spacial score (nSPS) is 11.7. The largest absolute Gasteiger partial charge is 0.497 e. The summed E-state index contributed by atoms with van der Waals surface area (Å²) in [5, 5.41) is 11.9. The Morgan fingerprint density at radius 3 is 2.10 bits per heavy atom. The van der Waals surface area contributed by atoms with Crippen molar-refractivity contribution in [1.82, 2.24) is 5.32 Å². The van der Waals surface area contributed by atoms with Gasteiger partial charge >= 0.3 is 12.1 Å². The summed E-state index contributed by atoms with van der Waals surface area (Å²) in [6.45, 7) is 4.09. The molecule has 7 heteroatoms. The predicted octanol–water partition coefficient (Wildman–Crippen LogP) is 3.54. The van der Waals surface area contributed by atoms with Gasteiger partial charge in [-0.05, 0) is 42.7 Å². The summed E-state index contributed by atoms with van der Waals surface area (Å²) in [4.78, 5) is 23.2. The van der Waals surface area contributed by atoms with Crippen LogP contribution in [0.15, 0.2) is 48.5 Å². The topological polar surface area (TPSA) is 94.1 Å². The molecule has 1 amide bonds. The number of aliphatic carboxylic acids is 1. The van der Waals surface area contributed by atoms with Crippen LogP contribution in [0.25, 0.3) is 0 Å². The van der Waals surface area contributed by atoms with Crippen LogP contribution in [0, 0.1) is 0 Å². The molecule has 0 saturated carbocycles. The van der Waals surface area contributed by atoms with Gasteiger partial charge in [-0.2, -0.15) is 0 Å². The number of ether oxygens (including phenoxy) is 3. The van der Waals surface area contributed by atoms with Crippen LogP contribution in [0.3, 0.4) is 0 Å². The average Bonchev–Trinajstić information content (AvgIpc) is 2.71. The first-order valence-electron chi connectivity index (χ1n) is 9.37. The summed E-state index contributed by atoms with van der Waals surface area (Å²) in [5.74, 6) is -0.240. The molecule has 1 unspecified atom stereocenters. The molecule has 2 aromatic rings. The van der Waals surface area contributed by atoms with Crippen LogP contribution in [0.2, 0.25) is 0 Å². The molecule has 29 heavy (non-hydrogen) atoms. The number of benzene rings is 2. The van der Waals surface area contributed by atoms with Gasteiger partial charge in [-0.25, -0.2) is 9.59 Å². The van der Waals surface area contributed by atoms with E-state index in [9.17, 15) is 14.7 Å².